The highest BCUT2D eigenvalue weighted by Crippen LogP contribution is 2.40. The van der Waals surface area contributed by atoms with Gasteiger partial charge in [-0.2, -0.15) is 35.7 Å². The van der Waals surface area contributed by atoms with Crippen molar-refractivity contribution in [3.05, 3.63) is 59.9 Å². The number of hydrogen-bond acceptors (Lipinski definition) is 4. The zero-order chi connectivity index (χ0) is 21.6. The molecule has 0 saturated carbocycles. The molecule has 0 spiro atoms. The van der Waals surface area contributed by atoms with E-state index in [-0.39, 0.29) is 9.95 Å². The third-order valence-corrected chi connectivity index (χ3v) is 5.89. The highest BCUT2D eigenvalue weighted by Gasteiger charge is 2.48. The maximum absolute atomic E-state index is 13.7. The van der Waals surface area contributed by atoms with Gasteiger partial charge in [0.1, 0.15) is 6.04 Å². The van der Waals surface area contributed by atoms with Crippen molar-refractivity contribution >= 4 is 15.7 Å². The van der Waals surface area contributed by atoms with Gasteiger partial charge in [0.25, 0.3) is 10.0 Å². The van der Waals surface area contributed by atoms with E-state index < -0.39 is 44.6 Å². The zero-order valence-electron chi connectivity index (χ0n) is 14.5. The molecule has 3 aromatic rings. The van der Waals surface area contributed by atoms with Crippen LogP contribution in [0.15, 0.2) is 53.8 Å². The van der Waals surface area contributed by atoms with Gasteiger partial charge in [0.05, 0.1) is 11.8 Å². The van der Waals surface area contributed by atoms with E-state index in [1.54, 1.807) is 0 Å². The largest absolute Gasteiger partial charge is 0.416 e. The Morgan fingerprint density at radius 3 is 2.21 bits per heavy atom. The summed E-state index contributed by atoms with van der Waals surface area (Å²) in [5, 5.41) is 3.15. The summed E-state index contributed by atoms with van der Waals surface area (Å²) in [6.07, 6.45) is -7.76. The van der Waals surface area contributed by atoms with Crippen molar-refractivity contribution in [2.75, 3.05) is 7.05 Å². The Balaban J connectivity index is 2.07. The lowest BCUT2D eigenvalue weighted by atomic mass is 10.0. The van der Waals surface area contributed by atoms with E-state index in [0.29, 0.717) is 31.3 Å². The summed E-state index contributed by atoms with van der Waals surface area (Å²) in [5.41, 5.74) is -1.73. The second kappa shape index (κ2) is 6.99. The quantitative estimate of drug-likeness (QED) is 0.583. The van der Waals surface area contributed by atoms with E-state index in [4.69, 9.17) is 0 Å². The minimum atomic E-state index is -5.10. The van der Waals surface area contributed by atoms with Gasteiger partial charge in [-0.3, -0.25) is 0 Å². The summed E-state index contributed by atoms with van der Waals surface area (Å²) < 4.78 is 106. The number of sulfonamides is 1. The molecule has 3 rings (SSSR count). The molecule has 1 atom stereocenters. The van der Waals surface area contributed by atoms with Gasteiger partial charge < -0.3 is 0 Å². The Labute approximate surface area is 160 Å². The molecule has 0 fully saturated rings. The van der Waals surface area contributed by atoms with Crippen LogP contribution >= 0.6 is 0 Å². The monoisotopic (exact) mass is 438 g/mol. The molecule has 0 amide bonds. The standard InChI is InChI=1S/C16H12F6N4O2S/c1-25(29(27,28)13-9-23-12-3-2-8-24-26(12)13)14(16(20,21)22)10-4-6-11(7-5-10)15(17,18)19/h2-9,14H,1H3/t14-/m1/s1. The average Bonchev–Trinajstić information content (AvgIpc) is 3.05. The Bertz CT molecular complexity index is 1120. The number of aromatic nitrogens is 3. The molecule has 0 aliphatic rings. The molecule has 0 unspecified atom stereocenters. The van der Waals surface area contributed by atoms with E-state index >= 15 is 0 Å². The third kappa shape index (κ3) is 3.92. The number of benzene rings is 1. The Hall–Kier alpha value is -2.67. The molecule has 29 heavy (non-hydrogen) atoms. The van der Waals surface area contributed by atoms with Gasteiger partial charge in [0.15, 0.2) is 10.7 Å². The lowest BCUT2D eigenvalue weighted by molar-refractivity contribution is -0.171. The first kappa shape index (κ1) is 21.0. The predicted octanol–water partition coefficient (Wildman–Crippen LogP) is 3.67. The van der Waals surface area contributed by atoms with Gasteiger partial charge in [-0.05, 0) is 29.8 Å². The smallest absolute Gasteiger partial charge is 0.234 e. The van der Waals surface area contributed by atoms with Crippen molar-refractivity contribution in [1.82, 2.24) is 18.9 Å². The number of nitrogens with zero attached hydrogens (tertiary/aromatic N) is 4. The molecule has 0 N–H and O–H groups in total. The molecule has 2 aromatic heterocycles. The first-order valence-electron chi connectivity index (χ1n) is 7.84. The second-order valence-electron chi connectivity index (χ2n) is 5.98. The van der Waals surface area contributed by atoms with Crippen molar-refractivity contribution in [2.45, 2.75) is 23.4 Å². The van der Waals surface area contributed by atoms with Gasteiger partial charge >= 0.3 is 12.4 Å². The third-order valence-electron chi connectivity index (χ3n) is 4.12. The van der Waals surface area contributed by atoms with Crippen LogP contribution in [0.1, 0.15) is 17.2 Å². The topological polar surface area (TPSA) is 67.6 Å². The molecule has 0 aliphatic heterocycles. The molecule has 0 radical (unpaired) electrons. The van der Waals surface area contributed by atoms with Crippen LogP contribution in [0.25, 0.3) is 5.65 Å². The van der Waals surface area contributed by atoms with E-state index in [0.717, 1.165) is 10.7 Å². The lowest BCUT2D eigenvalue weighted by Crippen LogP contribution is -2.40. The molecule has 156 valence electrons. The molecule has 13 heteroatoms. The van der Waals surface area contributed by atoms with Crippen molar-refractivity contribution in [3.8, 4) is 0 Å². The summed E-state index contributed by atoms with van der Waals surface area (Å²) in [4.78, 5) is 3.79. The maximum atomic E-state index is 13.7. The molecular formula is C16H12F6N4O2S. The fourth-order valence-corrected chi connectivity index (χ4v) is 4.09. The Kier molecular flexibility index (Phi) is 5.07. The average molecular weight is 438 g/mol. The van der Waals surface area contributed by atoms with Crippen LogP contribution in [0.5, 0.6) is 0 Å². The van der Waals surface area contributed by atoms with Crippen LogP contribution < -0.4 is 0 Å². The molecule has 0 bridgehead atoms. The summed E-state index contributed by atoms with van der Waals surface area (Å²) in [7, 11) is -4.07. The summed E-state index contributed by atoms with van der Waals surface area (Å²) in [5.74, 6) is 0. The molecular weight excluding hydrogens is 426 g/mol. The van der Waals surface area contributed by atoms with Crippen LogP contribution in [-0.2, 0) is 16.2 Å². The molecule has 0 saturated heterocycles. The molecule has 2 heterocycles. The minimum absolute atomic E-state index is 0.0354. The maximum Gasteiger partial charge on any atom is 0.416 e. The number of alkyl halides is 6. The first-order chi connectivity index (χ1) is 13.3. The van der Waals surface area contributed by atoms with Crippen molar-refractivity contribution < 1.29 is 34.8 Å². The normalized spacial score (nSPS) is 14.5. The van der Waals surface area contributed by atoms with Gasteiger partial charge in [0.2, 0.25) is 0 Å². The summed E-state index contributed by atoms with van der Waals surface area (Å²) in [6, 6.07) is 2.27. The number of fused-ring (bicyclic) bond motifs is 1. The molecule has 1 aromatic carbocycles. The molecule has 6 nitrogen and oxygen atoms in total. The first-order valence-corrected chi connectivity index (χ1v) is 9.28. The molecule has 0 aliphatic carbocycles. The van der Waals surface area contributed by atoms with E-state index in [1.165, 1.54) is 18.3 Å². The van der Waals surface area contributed by atoms with Crippen LogP contribution in [-0.4, -0.2) is 40.5 Å². The van der Waals surface area contributed by atoms with Crippen molar-refractivity contribution in [2.24, 2.45) is 0 Å². The number of rotatable bonds is 4. The summed E-state index contributed by atoms with van der Waals surface area (Å²) in [6.45, 7) is 0. The fraction of sp³-hybridized carbons (Fsp3) is 0.250. The second-order valence-corrected chi connectivity index (χ2v) is 7.92. The van der Waals surface area contributed by atoms with Crippen LogP contribution in [0, 0.1) is 0 Å². The van der Waals surface area contributed by atoms with Crippen LogP contribution in [0.3, 0.4) is 0 Å². The SMILES string of the molecule is CN([C@H](c1ccc(C(F)(F)F)cc1)C(F)(F)F)S(=O)(=O)c1cnc2cccnn12. The number of hydrogen-bond donors (Lipinski definition) is 0. The number of halogens is 6. The fourth-order valence-electron chi connectivity index (χ4n) is 2.73. The Morgan fingerprint density at radius 1 is 1.03 bits per heavy atom. The highest BCUT2D eigenvalue weighted by atomic mass is 32.2. The zero-order valence-corrected chi connectivity index (χ0v) is 15.3. The number of imidazole rings is 1. The van der Waals surface area contributed by atoms with Crippen LogP contribution in [0.4, 0.5) is 26.3 Å². The van der Waals surface area contributed by atoms with Gasteiger partial charge in [0, 0.05) is 13.2 Å². The van der Waals surface area contributed by atoms with Gasteiger partial charge in [-0.25, -0.2) is 17.9 Å². The van der Waals surface area contributed by atoms with Crippen molar-refractivity contribution in [3.63, 3.8) is 0 Å². The van der Waals surface area contributed by atoms with Crippen molar-refractivity contribution in [1.29, 1.82) is 0 Å². The van der Waals surface area contributed by atoms with Crippen LogP contribution in [0.2, 0.25) is 0 Å². The lowest BCUT2D eigenvalue weighted by Gasteiger charge is -2.29. The van der Waals surface area contributed by atoms with E-state index in [9.17, 15) is 34.8 Å². The van der Waals surface area contributed by atoms with E-state index in [1.807, 2.05) is 0 Å². The minimum Gasteiger partial charge on any atom is -0.234 e. The Morgan fingerprint density at radius 2 is 1.66 bits per heavy atom. The van der Waals surface area contributed by atoms with Gasteiger partial charge in [-0.15, -0.1) is 0 Å². The predicted molar refractivity (Wildman–Crippen MR) is 88.2 cm³/mol. The summed E-state index contributed by atoms with van der Waals surface area (Å²) >= 11 is 0. The highest BCUT2D eigenvalue weighted by molar-refractivity contribution is 7.89. The van der Waals surface area contributed by atoms with Gasteiger partial charge in [-0.1, -0.05) is 12.1 Å². The van der Waals surface area contributed by atoms with E-state index in [2.05, 4.69) is 10.1 Å².